The minimum absolute atomic E-state index is 0.0647. The number of tetrazole rings is 1. The number of thioether (sulfide) groups is 1. The molecule has 2 atom stereocenters. The molecule has 0 aromatic carbocycles. The van der Waals surface area contributed by atoms with Crippen LogP contribution in [0.4, 0.5) is 0 Å². The third kappa shape index (κ3) is 37.0. The Hall–Kier alpha value is -2.41. The molecule has 0 saturated heterocycles. The predicted molar refractivity (Wildman–Crippen MR) is 213 cm³/mol. The zero-order valence-corrected chi connectivity index (χ0v) is 34.4. The largest absolute Gasteiger partial charge is 0.391 e. The summed E-state index contributed by atoms with van der Waals surface area (Å²) in [5, 5.41) is 41.4. The topological polar surface area (TPSA) is 219 Å². The van der Waals surface area contributed by atoms with Crippen LogP contribution in [-0.2, 0) is 39.8 Å². The number of carbonyl (C=O) groups excluding carboxylic acids is 3. The van der Waals surface area contributed by atoms with E-state index >= 15 is 0 Å². The van der Waals surface area contributed by atoms with Gasteiger partial charge in [-0.1, -0.05) is 88.7 Å². The van der Waals surface area contributed by atoms with Gasteiger partial charge in [0.25, 0.3) is 0 Å². The summed E-state index contributed by atoms with van der Waals surface area (Å²) in [4.78, 5) is 35.9. The summed E-state index contributed by atoms with van der Waals surface area (Å²) in [6.45, 7) is 4.63. The smallest absolute Gasteiger partial charge is 0.246 e. The molecular weight excluding hydrogens is 731 g/mol. The first-order valence-corrected chi connectivity index (χ1v) is 21.8. The molecule has 0 fully saturated rings. The molecule has 1 aromatic heterocycles. The van der Waals surface area contributed by atoms with E-state index in [0.717, 1.165) is 37.9 Å². The molecule has 3 amide bonds. The number of aliphatic hydroxyl groups is 2. The lowest BCUT2D eigenvalue weighted by atomic mass is 10.0. The summed E-state index contributed by atoms with van der Waals surface area (Å²) in [6, 6.07) is 0. The number of aromatic nitrogens is 4. The fourth-order valence-electron chi connectivity index (χ4n) is 5.51. The molecule has 0 aliphatic carbocycles. The van der Waals surface area contributed by atoms with Crippen molar-refractivity contribution in [3.63, 3.8) is 0 Å². The van der Waals surface area contributed by atoms with Crippen molar-refractivity contribution in [3.8, 4) is 0 Å². The first kappa shape index (κ1) is 50.6. The Bertz CT molecular complexity index is 1030. The number of carbonyl (C=O) groups is 3. The van der Waals surface area contributed by atoms with Crippen LogP contribution in [0.25, 0.3) is 0 Å². The molecule has 0 bridgehead atoms. The SMILES string of the molecule is CC(O)COCCOCCNC(=O)COCCOCCNC(=O)CCCSC[C@H](O)NC(=O)CCCCCCCCCCCCCCCCCc1nn[nH]n1. The summed E-state index contributed by atoms with van der Waals surface area (Å²) < 4.78 is 21.2. The number of unbranched alkanes of at least 4 members (excludes halogenated alkanes) is 14. The number of hydrogen-bond donors (Lipinski definition) is 6. The molecule has 1 heterocycles. The molecule has 0 aliphatic rings. The van der Waals surface area contributed by atoms with Gasteiger partial charge >= 0.3 is 0 Å². The summed E-state index contributed by atoms with van der Waals surface area (Å²) >= 11 is 1.51. The number of nitrogens with zero attached hydrogens (tertiary/aromatic N) is 3. The third-order valence-corrected chi connectivity index (χ3v) is 9.59. The molecule has 1 unspecified atom stereocenters. The predicted octanol–water partition coefficient (Wildman–Crippen LogP) is 3.61. The molecule has 0 radical (unpaired) electrons. The lowest BCUT2D eigenvalue weighted by Gasteiger charge is -2.12. The highest BCUT2D eigenvalue weighted by Crippen LogP contribution is 2.14. The van der Waals surface area contributed by atoms with Crippen molar-refractivity contribution in [3.05, 3.63) is 5.82 Å². The maximum Gasteiger partial charge on any atom is 0.246 e. The number of aliphatic hydroxyl groups excluding tert-OH is 2. The van der Waals surface area contributed by atoms with Gasteiger partial charge in [0.2, 0.25) is 17.7 Å². The molecule has 55 heavy (non-hydrogen) atoms. The van der Waals surface area contributed by atoms with Crippen LogP contribution in [-0.4, -0.2) is 138 Å². The van der Waals surface area contributed by atoms with Gasteiger partial charge in [-0.3, -0.25) is 14.4 Å². The number of nitrogens with one attached hydrogen (secondary N) is 4. The quantitative estimate of drug-likeness (QED) is 0.0412. The van der Waals surface area contributed by atoms with Crippen LogP contribution in [0.1, 0.15) is 128 Å². The maximum atomic E-state index is 12.2. The Balaban J connectivity index is 1.77. The van der Waals surface area contributed by atoms with Gasteiger partial charge < -0.3 is 45.1 Å². The normalized spacial score (nSPS) is 12.4. The zero-order chi connectivity index (χ0) is 39.9. The highest BCUT2D eigenvalue weighted by Gasteiger charge is 2.09. The van der Waals surface area contributed by atoms with Crippen molar-refractivity contribution in [2.75, 3.05) is 77.5 Å². The minimum atomic E-state index is -0.881. The average molecular weight is 804 g/mol. The van der Waals surface area contributed by atoms with E-state index in [9.17, 15) is 19.5 Å². The van der Waals surface area contributed by atoms with Gasteiger partial charge in [-0.15, -0.1) is 10.2 Å². The number of aromatic amines is 1. The Labute approximate surface area is 333 Å². The summed E-state index contributed by atoms with van der Waals surface area (Å²) in [5.41, 5.74) is 0. The second-order valence-electron chi connectivity index (χ2n) is 13.8. The Morgan fingerprint density at radius 2 is 1.18 bits per heavy atom. The third-order valence-electron chi connectivity index (χ3n) is 8.46. The Morgan fingerprint density at radius 3 is 1.76 bits per heavy atom. The van der Waals surface area contributed by atoms with Crippen LogP contribution in [0.2, 0.25) is 0 Å². The highest BCUT2D eigenvalue weighted by molar-refractivity contribution is 7.99. The van der Waals surface area contributed by atoms with Crippen molar-refractivity contribution >= 4 is 29.5 Å². The van der Waals surface area contributed by atoms with E-state index < -0.39 is 12.3 Å². The molecule has 1 aromatic rings. The van der Waals surface area contributed by atoms with Gasteiger partial charge in [0.1, 0.15) is 12.8 Å². The highest BCUT2D eigenvalue weighted by atomic mass is 32.2. The van der Waals surface area contributed by atoms with Gasteiger partial charge in [-0.25, -0.2) is 0 Å². The van der Waals surface area contributed by atoms with Gasteiger partial charge in [-0.2, -0.15) is 17.0 Å². The Kier molecular flexibility index (Phi) is 35.4. The number of hydrogen-bond acceptors (Lipinski definition) is 13. The molecule has 320 valence electrons. The van der Waals surface area contributed by atoms with Crippen LogP contribution in [0.5, 0.6) is 0 Å². The summed E-state index contributed by atoms with van der Waals surface area (Å²) in [6.07, 6.45) is 19.5. The second-order valence-corrected chi connectivity index (χ2v) is 14.9. The van der Waals surface area contributed by atoms with E-state index in [1.54, 1.807) is 6.92 Å². The van der Waals surface area contributed by atoms with E-state index in [-0.39, 0.29) is 37.5 Å². The van der Waals surface area contributed by atoms with Crippen molar-refractivity contribution in [2.24, 2.45) is 0 Å². The first-order chi connectivity index (χ1) is 26.9. The van der Waals surface area contributed by atoms with Crippen LogP contribution in [0.3, 0.4) is 0 Å². The van der Waals surface area contributed by atoms with Crippen molar-refractivity contribution in [1.82, 2.24) is 36.6 Å². The first-order valence-electron chi connectivity index (χ1n) is 20.7. The lowest BCUT2D eigenvalue weighted by Crippen LogP contribution is -2.36. The van der Waals surface area contributed by atoms with Crippen LogP contribution in [0, 0.1) is 0 Å². The lowest BCUT2D eigenvalue weighted by molar-refractivity contribution is -0.126. The van der Waals surface area contributed by atoms with Crippen LogP contribution >= 0.6 is 11.8 Å². The van der Waals surface area contributed by atoms with Crippen molar-refractivity contribution < 1.29 is 43.5 Å². The van der Waals surface area contributed by atoms with Crippen molar-refractivity contribution in [1.29, 1.82) is 0 Å². The molecular formula is C38H73N7O9S. The number of amides is 3. The average Bonchev–Trinajstić information content (AvgIpc) is 3.68. The van der Waals surface area contributed by atoms with Crippen LogP contribution in [0.15, 0.2) is 0 Å². The Morgan fingerprint density at radius 1 is 0.655 bits per heavy atom. The van der Waals surface area contributed by atoms with E-state index in [1.807, 2.05) is 0 Å². The van der Waals surface area contributed by atoms with Crippen molar-refractivity contribution in [2.45, 2.75) is 141 Å². The summed E-state index contributed by atoms with van der Waals surface area (Å²) in [7, 11) is 0. The van der Waals surface area contributed by atoms with E-state index in [4.69, 9.17) is 24.1 Å². The van der Waals surface area contributed by atoms with Gasteiger partial charge in [0.15, 0.2) is 5.82 Å². The monoisotopic (exact) mass is 804 g/mol. The van der Waals surface area contributed by atoms with Gasteiger partial charge in [-0.05, 0) is 31.9 Å². The molecule has 16 nitrogen and oxygen atoms in total. The molecule has 0 spiro atoms. The standard InChI is InChI=1S/C38H73N7O9S/c1-33(46)30-53-27-25-52-24-22-40-37(49)31-54-28-26-51-23-21-39-35(47)20-17-29-55-32-38(50)41-36(48)19-16-14-12-10-8-6-4-2-3-5-7-9-11-13-15-18-34-42-44-45-43-34/h33,38,46,50H,2-32H2,1H3,(H,39,47)(H,40,49)(H,41,48)(H,42,43,44,45)/t33?,38-/m0/s1. The minimum Gasteiger partial charge on any atom is -0.391 e. The van der Waals surface area contributed by atoms with Gasteiger partial charge in [0.05, 0.1) is 52.4 Å². The van der Waals surface area contributed by atoms with Crippen LogP contribution < -0.4 is 16.0 Å². The number of H-pyrrole nitrogens is 1. The van der Waals surface area contributed by atoms with E-state index in [2.05, 4.69) is 36.6 Å². The molecule has 17 heteroatoms. The maximum absolute atomic E-state index is 12.2. The molecule has 0 aliphatic heterocycles. The fourth-order valence-corrected chi connectivity index (χ4v) is 6.33. The van der Waals surface area contributed by atoms with E-state index in [0.29, 0.717) is 76.9 Å². The zero-order valence-electron chi connectivity index (χ0n) is 33.6. The van der Waals surface area contributed by atoms with Gasteiger partial charge in [0, 0.05) is 38.1 Å². The molecule has 0 saturated carbocycles. The second kappa shape index (κ2) is 38.5. The molecule has 1 rings (SSSR count). The fraction of sp³-hybridized carbons (Fsp3) is 0.895. The number of rotatable bonds is 41. The van der Waals surface area contributed by atoms with E-state index in [1.165, 1.54) is 82.4 Å². The number of aryl methyl sites for hydroxylation is 1. The summed E-state index contributed by atoms with van der Waals surface area (Å²) in [5.74, 6) is 1.50. The molecule has 6 N–H and O–H groups in total. The number of ether oxygens (including phenoxy) is 4.